The van der Waals surface area contributed by atoms with Crippen LogP contribution in [-0.4, -0.2) is 11.9 Å². The third kappa shape index (κ3) is 7.56. The first-order valence-corrected chi connectivity index (χ1v) is 15.8. The summed E-state index contributed by atoms with van der Waals surface area (Å²) < 4.78 is 5.87. The first-order valence-electron chi connectivity index (χ1n) is 15.8. The highest BCUT2D eigenvalue weighted by Crippen LogP contribution is 2.44. The van der Waals surface area contributed by atoms with Crippen LogP contribution in [0.1, 0.15) is 130 Å². The van der Waals surface area contributed by atoms with Crippen LogP contribution in [0.2, 0.25) is 0 Å². The molecule has 1 amide bonds. The molecule has 0 saturated carbocycles. The molecular formula is C35H48N2O3. The maximum absolute atomic E-state index is 13.2. The van der Waals surface area contributed by atoms with Crippen LogP contribution in [0.3, 0.4) is 0 Å². The minimum Gasteiger partial charge on any atom is -0.421 e. The molecule has 5 nitrogen and oxygen atoms in total. The Kier molecular flexibility index (Phi) is 11.3. The Bertz CT molecular complexity index is 1170. The summed E-state index contributed by atoms with van der Waals surface area (Å²) in [6.07, 6.45) is 24.9. The van der Waals surface area contributed by atoms with Gasteiger partial charge in [0.1, 0.15) is 0 Å². The SMILES string of the molecule is CCCCCCCC/C=C\CCCCCCCCCc1cccc2c1C(=O)OC1(N2)C(=O)Nc2ccc(C)cc21. The number of aryl methyl sites for hydroxylation is 2. The second-order valence-electron chi connectivity index (χ2n) is 11.6. The van der Waals surface area contributed by atoms with E-state index >= 15 is 0 Å². The van der Waals surface area contributed by atoms with Gasteiger partial charge in [-0.1, -0.05) is 107 Å². The largest absolute Gasteiger partial charge is 0.421 e. The van der Waals surface area contributed by atoms with E-state index in [0.717, 1.165) is 30.4 Å². The van der Waals surface area contributed by atoms with Crippen LogP contribution in [0.25, 0.3) is 0 Å². The first-order chi connectivity index (χ1) is 19.5. The van der Waals surface area contributed by atoms with Crippen molar-refractivity contribution in [2.24, 2.45) is 0 Å². The van der Waals surface area contributed by atoms with Gasteiger partial charge in [0.25, 0.3) is 11.6 Å². The summed E-state index contributed by atoms with van der Waals surface area (Å²) in [5.74, 6) is -0.795. The number of benzene rings is 2. The number of esters is 1. The zero-order valence-electron chi connectivity index (χ0n) is 24.7. The lowest BCUT2D eigenvalue weighted by Gasteiger charge is -2.35. The summed E-state index contributed by atoms with van der Waals surface area (Å²) in [6, 6.07) is 11.5. The van der Waals surface area contributed by atoms with Gasteiger partial charge in [0.05, 0.1) is 22.5 Å². The van der Waals surface area contributed by atoms with Crippen molar-refractivity contribution in [2.75, 3.05) is 10.6 Å². The van der Waals surface area contributed by atoms with Gasteiger partial charge in [0.2, 0.25) is 0 Å². The molecule has 2 aliphatic heterocycles. The third-order valence-corrected chi connectivity index (χ3v) is 8.24. The third-order valence-electron chi connectivity index (χ3n) is 8.24. The highest BCUT2D eigenvalue weighted by Gasteiger charge is 2.54. The number of nitrogens with one attached hydrogen (secondary N) is 2. The Hall–Kier alpha value is -3.08. The zero-order chi connectivity index (χ0) is 28.2. The standard InChI is InChI=1S/C35H48N2O3/c1-3-4-5-6-7-8-9-10-11-12-13-14-15-16-17-18-19-21-28-22-20-23-31-32(28)33(38)40-35(37-31)29-26-27(2)24-25-30(29)36-34(35)39/h10-11,20,22-26,37H,3-9,12-19,21H2,1-2H3,(H,36,39)/b11-10-. The molecule has 5 heteroatoms. The molecule has 1 spiro atoms. The highest BCUT2D eigenvalue weighted by atomic mass is 16.6. The lowest BCUT2D eigenvalue weighted by molar-refractivity contribution is -0.132. The van der Waals surface area contributed by atoms with Crippen molar-refractivity contribution in [3.63, 3.8) is 0 Å². The monoisotopic (exact) mass is 544 g/mol. The Labute approximate surface area is 241 Å². The van der Waals surface area contributed by atoms with E-state index in [4.69, 9.17) is 4.74 Å². The molecule has 0 aromatic heterocycles. The normalized spacial score (nSPS) is 17.6. The average Bonchev–Trinajstić information content (AvgIpc) is 3.19. The fourth-order valence-corrected chi connectivity index (χ4v) is 5.92. The van der Waals surface area contributed by atoms with Gasteiger partial charge in [-0.15, -0.1) is 0 Å². The first kappa shape index (κ1) is 29.9. The van der Waals surface area contributed by atoms with E-state index in [9.17, 15) is 9.59 Å². The van der Waals surface area contributed by atoms with E-state index in [2.05, 4.69) is 29.7 Å². The number of hydrogen-bond acceptors (Lipinski definition) is 4. The number of rotatable bonds is 17. The van der Waals surface area contributed by atoms with Gasteiger partial charge in [-0.25, -0.2) is 4.79 Å². The minimum absolute atomic E-state index is 0.360. The van der Waals surface area contributed by atoms with Gasteiger partial charge in [-0.3, -0.25) is 4.79 Å². The Morgan fingerprint density at radius 3 is 2.12 bits per heavy atom. The molecule has 2 heterocycles. The molecule has 1 unspecified atom stereocenters. The van der Waals surface area contributed by atoms with Crippen molar-refractivity contribution in [2.45, 2.75) is 122 Å². The van der Waals surface area contributed by atoms with E-state index in [-0.39, 0.29) is 5.91 Å². The number of unbranched alkanes of at least 4 members (excludes halogenated alkanes) is 13. The number of ether oxygens (including phenoxy) is 1. The van der Waals surface area contributed by atoms with Crippen LogP contribution in [-0.2, 0) is 21.7 Å². The number of carbonyl (C=O) groups is 2. The van der Waals surface area contributed by atoms with Crippen LogP contribution < -0.4 is 10.6 Å². The molecule has 2 aromatic rings. The van der Waals surface area contributed by atoms with E-state index in [1.807, 2.05) is 43.3 Å². The summed E-state index contributed by atoms with van der Waals surface area (Å²) in [5.41, 5.74) is 3.05. The van der Waals surface area contributed by atoms with E-state index < -0.39 is 11.7 Å². The smallest absolute Gasteiger partial charge is 0.343 e. The van der Waals surface area contributed by atoms with Crippen molar-refractivity contribution < 1.29 is 14.3 Å². The van der Waals surface area contributed by atoms with Gasteiger partial charge in [0, 0.05) is 0 Å². The molecule has 0 aliphatic carbocycles. The molecule has 2 aromatic carbocycles. The zero-order valence-corrected chi connectivity index (χ0v) is 24.7. The van der Waals surface area contributed by atoms with Crippen molar-refractivity contribution in [1.29, 1.82) is 0 Å². The van der Waals surface area contributed by atoms with Crippen molar-refractivity contribution in [3.8, 4) is 0 Å². The van der Waals surface area contributed by atoms with Crippen molar-refractivity contribution in [3.05, 3.63) is 70.8 Å². The summed E-state index contributed by atoms with van der Waals surface area (Å²) in [6.45, 7) is 4.23. The van der Waals surface area contributed by atoms with Crippen LogP contribution >= 0.6 is 0 Å². The molecule has 0 fully saturated rings. The molecule has 216 valence electrons. The molecule has 0 bridgehead atoms. The number of amides is 1. The average molecular weight is 545 g/mol. The van der Waals surface area contributed by atoms with Crippen molar-refractivity contribution >= 4 is 23.3 Å². The minimum atomic E-state index is -1.51. The molecule has 40 heavy (non-hydrogen) atoms. The number of carbonyl (C=O) groups excluding carboxylic acids is 2. The van der Waals surface area contributed by atoms with Crippen LogP contribution in [0, 0.1) is 6.92 Å². The Morgan fingerprint density at radius 2 is 1.43 bits per heavy atom. The summed E-state index contributed by atoms with van der Waals surface area (Å²) in [4.78, 5) is 26.2. The summed E-state index contributed by atoms with van der Waals surface area (Å²) >= 11 is 0. The maximum atomic E-state index is 13.2. The molecule has 1 atom stereocenters. The van der Waals surface area contributed by atoms with Gasteiger partial charge in [-0.05, 0) is 69.2 Å². The quantitative estimate of drug-likeness (QED) is 0.118. The van der Waals surface area contributed by atoms with E-state index in [0.29, 0.717) is 22.5 Å². The number of allylic oxidation sites excluding steroid dienone is 2. The number of fused-ring (bicyclic) bond motifs is 3. The van der Waals surface area contributed by atoms with Gasteiger partial charge >= 0.3 is 5.97 Å². The lowest BCUT2D eigenvalue weighted by atomic mass is 9.94. The Morgan fingerprint density at radius 1 is 0.775 bits per heavy atom. The second kappa shape index (κ2) is 15.1. The van der Waals surface area contributed by atoms with Gasteiger partial charge in [-0.2, -0.15) is 0 Å². The second-order valence-corrected chi connectivity index (χ2v) is 11.6. The molecule has 2 aliphatic rings. The molecule has 2 N–H and O–H groups in total. The molecule has 0 radical (unpaired) electrons. The molecular weight excluding hydrogens is 496 g/mol. The van der Waals surface area contributed by atoms with Gasteiger partial charge < -0.3 is 15.4 Å². The van der Waals surface area contributed by atoms with Crippen molar-refractivity contribution in [1.82, 2.24) is 0 Å². The number of anilines is 2. The fraction of sp³-hybridized carbons (Fsp3) is 0.543. The lowest BCUT2D eigenvalue weighted by Crippen LogP contribution is -2.49. The summed E-state index contributed by atoms with van der Waals surface area (Å²) in [5, 5.41) is 6.13. The van der Waals surface area contributed by atoms with Crippen LogP contribution in [0.15, 0.2) is 48.6 Å². The predicted molar refractivity (Wildman–Crippen MR) is 165 cm³/mol. The van der Waals surface area contributed by atoms with E-state index in [1.165, 1.54) is 83.5 Å². The fourth-order valence-electron chi connectivity index (χ4n) is 5.92. The predicted octanol–water partition coefficient (Wildman–Crippen LogP) is 9.35. The topological polar surface area (TPSA) is 67.4 Å². The van der Waals surface area contributed by atoms with E-state index in [1.54, 1.807) is 0 Å². The van der Waals surface area contributed by atoms with Gasteiger partial charge in [0.15, 0.2) is 0 Å². The highest BCUT2D eigenvalue weighted by molar-refractivity contribution is 6.11. The maximum Gasteiger partial charge on any atom is 0.343 e. The molecule has 0 saturated heterocycles. The van der Waals surface area contributed by atoms with Crippen LogP contribution in [0.5, 0.6) is 0 Å². The molecule has 4 rings (SSSR count). The Balaban J connectivity index is 1.14. The summed E-state index contributed by atoms with van der Waals surface area (Å²) in [7, 11) is 0. The number of hydrogen-bond donors (Lipinski definition) is 2. The van der Waals surface area contributed by atoms with Crippen LogP contribution in [0.4, 0.5) is 11.4 Å².